The van der Waals surface area contributed by atoms with Gasteiger partial charge in [-0.3, -0.25) is 15.1 Å². The quantitative estimate of drug-likeness (QED) is 0.652. The Bertz CT molecular complexity index is 605. The van der Waals surface area contributed by atoms with Crippen molar-refractivity contribution < 1.29 is 9.72 Å². The highest BCUT2D eigenvalue weighted by molar-refractivity contribution is 8.93. The summed E-state index contributed by atoms with van der Waals surface area (Å²) in [4.78, 5) is 25.6. The van der Waals surface area contributed by atoms with E-state index in [9.17, 15) is 14.9 Å². The van der Waals surface area contributed by atoms with Gasteiger partial charge in [0.25, 0.3) is 5.69 Å². The van der Waals surface area contributed by atoms with Crippen LogP contribution in [0, 0.1) is 10.1 Å². The van der Waals surface area contributed by atoms with E-state index in [0.29, 0.717) is 12.2 Å². The van der Waals surface area contributed by atoms with Gasteiger partial charge in [-0.1, -0.05) is 6.07 Å². The number of anilines is 1. The van der Waals surface area contributed by atoms with Gasteiger partial charge < -0.3 is 10.6 Å². The summed E-state index contributed by atoms with van der Waals surface area (Å²) in [5.41, 5.74) is 1.34. The second-order valence-electron chi connectivity index (χ2n) is 3.97. The van der Waals surface area contributed by atoms with E-state index >= 15 is 0 Å². The van der Waals surface area contributed by atoms with Gasteiger partial charge in [0, 0.05) is 36.8 Å². The van der Waals surface area contributed by atoms with Gasteiger partial charge in [0.05, 0.1) is 4.92 Å². The number of pyridine rings is 1. The lowest BCUT2D eigenvalue weighted by Gasteiger charge is -2.07. The average Bonchev–Trinajstić information content (AvgIpc) is 2.47. The van der Waals surface area contributed by atoms with Gasteiger partial charge in [-0.05, 0) is 23.8 Å². The number of nitrogens with zero attached hydrogens (tertiary/aromatic N) is 2. The lowest BCUT2D eigenvalue weighted by Crippen LogP contribution is -2.28. The van der Waals surface area contributed by atoms with Crippen molar-refractivity contribution in [1.82, 2.24) is 10.3 Å². The van der Waals surface area contributed by atoms with Crippen molar-refractivity contribution in [3.8, 4) is 0 Å². The lowest BCUT2D eigenvalue weighted by molar-refractivity contribution is -0.384. The standard InChI is InChI=1S/C13H12N4O3.BrH/c18-13(15-9-10-2-1-7-14-8-10)16-11-3-5-12(6-4-11)17(19)20;/h1-8H,9H2,(H2,15,16,18);1H. The van der Waals surface area contributed by atoms with Gasteiger partial charge in [-0.25, -0.2) is 4.79 Å². The Balaban J connectivity index is 0.00000220. The molecule has 21 heavy (non-hydrogen) atoms. The summed E-state index contributed by atoms with van der Waals surface area (Å²) >= 11 is 0. The molecule has 0 unspecified atom stereocenters. The van der Waals surface area contributed by atoms with Gasteiger partial charge in [0.15, 0.2) is 0 Å². The molecule has 0 bridgehead atoms. The smallest absolute Gasteiger partial charge is 0.319 e. The van der Waals surface area contributed by atoms with Gasteiger partial charge in [0.2, 0.25) is 0 Å². The van der Waals surface area contributed by atoms with Gasteiger partial charge in [-0.2, -0.15) is 0 Å². The first-order valence-corrected chi connectivity index (χ1v) is 5.83. The van der Waals surface area contributed by atoms with Crippen LogP contribution < -0.4 is 10.6 Å². The summed E-state index contributed by atoms with van der Waals surface area (Å²) < 4.78 is 0. The van der Waals surface area contributed by atoms with E-state index in [0.717, 1.165) is 5.56 Å². The first kappa shape index (κ1) is 16.6. The van der Waals surface area contributed by atoms with E-state index < -0.39 is 4.92 Å². The van der Waals surface area contributed by atoms with Crippen LogP contribution in [0.1, 0.15) is 5.56 Å². The summed E-state index contributed by atoms with van der Waals surface area (Å²) in [5.74, 6) is 0. The number of hydrogen-bond donors (Lipinski definition) is 2. The third-order valence-electron chi connectivity index (χ3n) is 2.51. The minimum atomic E-state index is -0.494. The van der Waals surface area contributed by atoms with Crippen molar-refractivity contribution in [2.75, 3.05) is 5.32 Å². The number of rotatable bonds is 4. The second kappa shape index (κ2) is 7.95. The first-order chi connectivity index (χ1) is 9.65. The second-order valence-corrected chi connectivity index (χ2v) is 3.97. The van der Waals surface area contributed by atoms with E-state index in [4.69, 9.17) is 0 Å². The molecule has 2 N–H and O–H groups in total. The monoisotopic (exact) mass is 352 g/mol. The van der Waals surface area contributed by atoms with Crippen LogP contribution in [-0.4, -0.2) is 15.9 Å². The Morgan fingerprint density at radius 1 is 1.24 bits per heavy atom. The van der Waals surface area contributed by atoms with Crippen LogP contribution in [0.25, 0.3) is 0 Å². The van der Waals surface area contributed by atoms with Crippen LogP contribution in [-0.2, 0) is 6.54 Å². The van der Waals surface area contributed by atoms with Crippen molar-refractivity contribution in [1.29, 1.82) is 0 Å². The molecule has 0 aliphatic rings. The minimum absolute atomic E-state index is 0. The number of carbonyl (C=O) groups excluding carboxylic acids is 1. The highest BCUT2D eigenvalue weighted by atomic mass is 79.9. The molecule has 0 atom stereocenters. The molecule has 0 saturated heterocycles. The van der Waals surface area contributed by atoms with Crippen molar-refractivity contribution in [2.45, 2.75) is 6.54 Å². The topological polar surface area (TPSA) is 97.2 Å². The molecule has 0 aliphatic heterocycles. The number of nitrogens with one attached hydrogen (secondary N) is 2. The van der Waals surface area contributed by atoms with Crippen LogP contribution in [0.15, 0.2) is 48.8 Å². The number of halogens is 1. The average molecular weight is 353 g/mol. The molecule has 7 nitrogen and oxygen atoms in total. The predicted molar refractivity (Wildman–Crippen MR) is 83.5 cm³/mol. The Morgan fingerprint density at radius 3 is 2.52 bits per heavy atom. The number of nitro benzene ring substituents is 1. The van der Waals surface area contributed by atoms with Crippen LogP contribution in [0.3, 0.4) is 0 Å². The normalized spacial score (nSPS) is 9.33. The molecule has 1 aromatic carbocycles. The van der Waals surface area contributed by atoms with Gasteiger partial charge >= 0.3 is 6.03 Å². The number of carbonyl (C=O) groups is 1. The number of aromatic nitrogens is 1. The lowest BCUT2D eigenvalue weighted by atomic mass is 10.3. The zero-order valence-electron chi connectivity index (χ0n) is 10.9. The van der Waals surface area contributed by atoms with E-state index in [1.54, 1.807) is 18.5 Å². The Morgan fingerprint density at radius 2 is 1.95 bits per heavy atom. The van der Waals surface area contributed by atoms with Crippen LogP contribution in [0.5, 0.6) is 0 Å². The molecule has 2 amide bonds. The van der Waals surface area contributed by atoms with Gasteiger partial charge in [0.1, 0.15) is 0 Å². The molecule has 1 heterocycles. The maximum atomic E-state index is 11.6. The van der Waals surface area contributed by atoms with E-state index in [-0.39, 0.29) is 28.7 Å². The van der Waals surface area contributed by atoms with Crippen molar-refractivity contribution in [2.24, 2.45) is 0 Å². The molecule has 2 aromatic rings. The Hall–Kier alpha value is -2.48. The van der Waals surface area contributed by atoms with Gasteiger partial charge in [-0.15, -0.1) is 17.0 Å². The number of hydrogen-bond acceptors (Lipinski definition) is 4. The zero-order valence-corrected chi connectivity index (χ0v) is 12.6. The minimum Gasteiger partial charge on any atom is -0.334 e. The summed E-state index contributed by atoms with van der Waals surface area (Å²) in [7, 11) is 0. The molecule has 0 saturated carbocycles. The Kier molecular flexibility index (Phi) is 6.28. The molecule has 0 fully saturated rings. The molecule has 110 valence electrons. The highest BCUT2D eigenvalue weighted by Gasteiger charge is 2.06. The van der Waals surface area contributed by atoms with Crippen molar-refractivity contribution >= 4 is 34.4 Å². The first-order valence-electron chi connectivity index (χ1n) is 5.83. The highest BCUT2D eigenvalue weighted by Crippen LogP contribution is 2.15. The van der Waals surface area contributed by atoms with Crippen molar-refractivity contribution in [3.05, 3.63) is 64.5 Å². The summed E-state index contributed by atoms with van der Waals surface area (Å²) in [6, 6.07) is 8.85. The van der Waals surface area contributed by atoms with E-state index in [1.165, 1.54) is 24.3 Å². The molecule has 0 aliphatic carbocycles. The third-order valence-corrected chi connectivity index (χ3v) is 2.51. The number of amides is 2. The fraction of sp³-hybridized carbons (Fsp3) is 0.0769. The number of urea groups is 1. The van der Waals surface area contributed by atoms with Crippen LogP contribution in [0.2, 0.25) is 0 Å². The maximum absolute atomic E-state index is 11.6. The molecular formula is C13H13BrN4O3. The summed E-state index contributed by atoms with van der Waals surface area (Å²) in [5, 5.41) is 15.7. The molecule has 1 aromatic heterocycles. The SMILES string of the molecule is Br.O=C(NCc1cccnc1)Nc1ccc([N+](=O)[O-])cc1. The third kappa shape index (κ3) is 5.19. The molecule has 0 spiro atoms. The molecule has 8 heteroatoms. The van der Waals surface area contributed by atoms with Crippen molar-refractivity contribution in [3.63, 3.8) is 0 Å². The fourth-order valence-corrected chi connectivity index (χ4v) is 1.53. The maximum Gasteiger partial charge on any atom is 0.319 e. The number of benzene rings is 1. The van der Waals surface area contributed by atoms with Crippen LogP contribution >= 0.6 is 17.0 Å². The largest absolute Gasteiger partial charge is 0.334 e. The predicted octanol–water partition coefficient (Wildman–Crippen LogP) is 2.89. The summed E-state index contributed by atoms with van der Waals surface area (Å²) in [6.07, 6.45) is 3.31. The summed E-state index contributed by atoms with van der Waals surface area (Å²) in [6.45, 7) is 0.354. The molecular weight excluding hydrogens is 340 g/mol. The number of nitro groups is 1. The number of non-ortho nitro benzene ring substituents is 1. The van der Waals surface area contributed by atoms with E-state index in [1.807, 2.05) is 6.07 Å². The zero-order chi connectivity index (χ0) is 14.4. The van der Waals surface area contributed by atoms with E-state index in [2.05, 4.69) is 15.6 Å². The fourth-order valence-electron chi connectivity index (χ4n) is 1.53. The molecule has 2 rings (SSSR count). The Labute approximate surface area is 131 Å². The molecule has 0 radical (unpaired) electrons. The van der Waals surface area contributed by atoms with Crippen LogP contribution in [0.4, 0.5) is 16.2 Å².